The summed E-state index contributed by atoms with van der Waals surface area (Å²) in [6.45, 7) is 1.01. The lowest BCUT2D eigenvalue weighted by molar-refractivity contribution is 0.187. The van der Waals surface area contributed by atoms with E-state index in [0.717, 1.165) is 43.6 Å². The van der Waals surface area contributed by atoms with E-state index in [0.29, 0.717) is 0 Å². The second-order valence-electron chi connectivity index (χ2n) is 5.32. The summed E-state index contributed by atoms with van der Waals surface area (Å²) in [7, 11) is 0. The highest BCUT2D eigenvalue weighted by molar-refractivity contribution is 5.40. The van der Waals surface area contributed by atoms with Gasteiger partial charge in [-0.1, -0.05) is 12.1 Å². The molecule has 3 nitrogen and oxygen atoms in total. The minimum absolute atomic E-state index is 0.0419. The van der Waals surface area contributed by atoms with Crippen molar-refractivity contribution >= 4 is 0 Å². The van der Waals surface area contributed by atoms with Crippen molar-refractivity contribution in [2.45, 2.75) is 31.7 Å². The standard InChI is InChI=1S/C14H19NO2/c15-13(14(9-16)5-6-14)11-3-4-12-10(8-11)2-1-7-17-12/h3-4,8,13,16H,1-2,5-7,9,15H2. The van der Waals surface area contributed by atoms with Crippen LogP contribution in [-0.4, -0.2) is 18.3 Å². The molecule has 0 bridgehead atoms. The predicted molar refractivity (Wildman–Crippen MR) is 65.9 cm³/mol. The zero-order valence-electron chi connectivity index (χ0n) is 9.98. The Kier molecular flexibility index (Phi) is 2.60. The van der Waals surface area contributed by atoms with Crippen LogP contribution in [-0.2, 0) is 6.42 Å². The predicted octanol–water partition coefficient (Wildman–Crippen LogP) is 1.78. The fraction of sp³-hybridized carbons (Fsp3) is 0.571. The van der Waals surface area contributed by atoms with Crippen LogP contribution in [0.25, 0.3) is 0 Å². The van der Waals surface area contributed by atoms with Gasteiger partial charge in [0, 0.05) is 11.5 Å². The van der Waals surface area contributed by atoms with Gasteiger partial charge in [-0.3, -0.25) is 0 Å². The molecule has 1 aromatic carbocycles. The molecule has 1 unspecified atom stereocenters. The van der Waals surface area contributed by atoms with Crippen LogP contribution in [0.5, 0.6) is 5.75 Å². The van der Waals surface area contributed by atoms with E-state index < -0.39 is 0 Å². The van der Waals surface area contributed by atoms with Crippen LogP contribution in [0.1, 0.15) is 36.4 Å². The van der Waals surface area contributed by atoms with E-state index in [4.69, 9.17) is 10.5 Å². The molecule has 3 rings (SSSR count). The van der Waals surface area contributed by atoms with Gasteiger partial charge in [-0.05, 0) is 42.9 Å². The Morgan fingerprint density at radius 2 is 2.24 bits per heavy atom. The molecule has 1 aliphatic carbocycles. The van der Waals surface area contributed by atoms with Crippen molar-refractivity contribution in [1.82, 2.24) is 0 Å². The maximum absolute atomic E-state index is 9.42. The summed E-state index contributed by atoms with van der Waals surface area (Å²) in [5.74, 6) is 1.00. The van der Waals surface area contributed by atoms with Crippen molar-refractivity contribution in [3.8, 4) is 5.75 Å². The molecule has 0 aromatic heterocycles. The number of hydrogen-bond acceptors (Lipinski definition) is 3. The fourth-order valence-electron chi connectivity index (χ4n) is 2.66. The minimum Gasteiger partial charge on any atom is -0.493 e. The van der Waals surface area contributed by atoms with Crippen molar-refractivity contribution in [2.75, 3.05) is 13.2 Å². The summed E-state index contributed by atoms with van der Waals surface area (Å²) < 4.78 is 5.60. The highest BCUT2D eigenvalue weighted by atomic mass is 16.5. The first-order chi connectivity index (χ1) is 8.25. The average Bonchev–Trinajstić information content (AvgIpc) is 3.18. The molecule has 0 saturated heterocycles. The maximum atomic E-state index is 9.42. The number of aryl methyl sites for hydroxylation is 1. The van der Waals surface area contributed by atoms with Crippen LogP contribution < -0.4 is 10.5 Å². The molecule has 0 radical (unpaired) electrons. The number of fused-ring (bicyclic) bond motifs is 1. The Balaban J connectivity index is 1.88. The zero-order valence-corrected chi connectivity index (χ0v) is 9.98. The van der Waals surface area contributed by atoms with Crippen LogP contribution in [0.3, 0.4) is 0 Å². The molecule has 3 heteroatoms. The van der Waals surface area contributed by atoms with Crippen molar-refractivity contribution in [3.05, 3.63) is 29.3 Å². The normalized spacial score (nSPS) is 22.5. The topological polar surface area (TPSA) is 55.5 Å². The Labute approximate surface area is 102 Å². The number of hydrogen-bond donors (Lipinski definition) is 2. The van der Waals surface area contributed by atoms with E-state index in [2.05, 4.69) is 6.07 Å². The third-order valence-corrected chi connectivity index (χ3v) is 4.16. The van der Waals surface area contributed by atoms with Crippen molar-refractivity contribution in [3.63, 3.8) is 0 Å². The van der Waals surface area contributed by atoms with Gasteiger partial charge in [0.1, 0.15) is 5.75 Å². The van der Waals surface area contributed by atoms with Gasteiger partial charge in [0.15, 0.2) is 0 Å². The van der Waals surface area contributed by atoms with Gasteiger partial charge < -0.3 is 15.6 Å². The molecular weight excluding hydrogens is 214 g/mol. The van der Waals surface area contributed by atoms with E-state index in [1.807, 2.05) is 12.1 Å². The van der Waals surface area contributed by atoms with Crippen molar-refractivity contribution in [2.24, 2.45) is 11.1 Å². The lowest BCUT2D eigenvalue weighted by Gasteiger charge is -2.24. The fourth-order valence-corrected chi connectivity index (χ4v) is 2.66. The van der Waals surface area contributed by atoms with E-state index >= 15 is 0 Å². The van der Waals surface area contributed by atoms with Crippen LogP contribution in [0.4, 0.5) is 0 Å². The monoisotopic (exact) mass is 233 g/mol. The molecule has 0 amide bonds. The summed E-state index contributed by atoms with van der Waals surface area (Å²) in [6, 6.07) is 6.19. The van der Waals surface area contributed by atoms with Gasteiger partial charge in [0.05, 0.1) is 13.2 Å². The SMILES string of the molecule is NC(c1ccc2c(c1)CCCO2)C1(CO)CC1. The lowest BCUT2D eigenvalue weighted by atomic mass is 9.89. The summed E-state index contributed by atoms with van der Waals surface area (Å²) in [6.07, 6.45) is 4.23. The van der Waals surface area contributed by atoms with Gasteiger partial charge >= 0.3 is 0 Å². The quantitative estimate of drug-likeness (QED) is 0.836. The lowest BCUT2D eigenvalue weighted by Crippen LogP contribution is -2.26. The van der Waals surface area contributed by atoms with Gasteiger partial charge in [0.25, 0.3) is 0 Å². The average molecular weight is 233 g/mol. The summed E-state index contributed by atoms with van der Waals surface area (Å²) in [4.78, 5) is 0. The molecule has 1 heterocycles. The van der Waals surface area contributed by atoms with Crippen molar-refractivity contribution < 1.29 is 9.84 Å². The van der Waals surface area contributed by atoms with E-state index in [1.54, 1.807) is 0 Å². The largest absolute Gasteiger partial charge is 0.493 e. The summed E-state index contributed by atoms with van der Waals surface area (Å²) in [5, 5.41) is 9.42. The molecule has 1 fully saturated rings. The third-order valence-electron chi connectivity index (χ3n) is 4.16. The van der Waals surface area contributed by atoms with Gasteiger partial charge in [0.2, 0.25) is 0 Å². The Morgan fingerprint density at radius 1 is 1.41 bits per heavy atom. The smallest absolute Gasteiger partial charge is 0.122 e. The second-order valence-corrected chi connectivity index (χ2v) is 5.32. The molecule has 1 aliphatic heterocycles. The first-order valence-electron chi connectivity index (χ1n) is 6.37. The number of benzene rings is 1. The summed E-state index contributed by atoms with van der Waals surface area (Å²) in [5.41, 5.74) is 8.63. The number of aliphatic hydroxyl groups excluding tert-OH is 1. The summed E-state index contributed by atoms with van der Waals surface area (Å²) >= 11 is 0. The number of rotatable bonds is 3. The second kappa shape index (κ2) is 4.00. The van der Waals surface area contributed by atoms with E-state index in [-0.39, 0.29) is 18.1 Å². The zero-order chi connectivity index (χ0) is 11.9. The van der Waals surface area contributed by atoms with Crippen LogP contribution in [0.2, 0.25) is 0 Å². The van der Waals surface area contributed by atoms with E-state index in [9.17, 15) is 5.11 Å². The van der Waals surface area contributed by atoms with Crippen LogP contribution in [0, 0.1) is 5.41 Å². The van der Waals surface area contributed by atoms with Gasteiger partial charge in [-0.2, -0.15) is 0 Å². The molecular formula is C14H19NO2. The van der Waals surface area contributed by atoms with E-state index in [1.165, 1.54) is 5.56 Å². The first kappa shape index (κ1) is 11.1. The molecule has 2 aliphatic rings. The van der Waals surface area contributed by atoms with Gasteiger partial charge in [-0.15, -0.1) is 0 Å². The third kappa shape index (κ3) is 1.83. The first-order valence-corrected chi connectivity index (χ1v) is 6.37. The molecule has 0 spiro atoms. The molecule has 3 N–H and O–H groups in total. The highest BCUT2D eigenvalue weighted by Gasteiger charge is 2.47. The number of ether oxygens (including phenoxy) is 1. The molecule has 92 valence electrons. The Bertz CT molecular complexity index is 426. The number of aliphatic hydroxyl groups is 1. The number of nitrogens with two attached hydrogens (primary N) is 1. The van der Waals surface area contributed by atoms with Crippen LogP contribution in [0.15, 0.2) is 18.2 Å². The minimum atomic E-state index is -0.0518. The molecule has 1 aromatic rings. The highest BCUT2D eigenvalue weighted by Crippen LogP contribution is 2.53. The molecule has 1 atom stereocenters. The van der Waals surface area contributed by atoms with Crippen LogP contribution >= 0.6 is 0 Å². The molecule has 17 heavy (non-hydrogen) atoms. The van der Waals surface area contributed by atoms with Crippen molar-refractivity contribution in [1.29, 1.82) is 0 Å². The molecule has 1 saturated carbocycles. The van der Waals surface area contributed by atoms with Gasteiger partial charge in [-0.25, -0.2) is 0 Å². The Hall–Kier alpha value is -1.06. The Morgan fingerprint density at radius 3 is 2.94 bits per heavy atom. The maximum Gasteiger partial charge on any atom is 0.122 e.